The summed E-state index contributed by atoms with van der Waals surface area (Å²) in [6, 6.07) is 11.2. The number of nitrogens with zero attached hydrogens (tertiary/aromatic N) is 2. The number of rotatable bonds is 6. The fourth-order valence-corrected chi connectivity index (χ4v) is 3.86. The molecule has 1 unspecified atom stereocenters. The van der Waals surface area contributed by atoms with Gasteiger partial charge in [-0.1, -0.05) is 30.3 Å². The standard InChI is InChI=1S/C18H17N3O5S/c1-21-10-9-19-17(21)16(12-5-3-2-4-6-12)20-27(25,26)13-7-8-15(22)14(11-13)18(23)24/h2-11,16,20,22H,1H3,(H,23,24). The maximum Gasteiger partial charge on any atom is 0.339 e. The van der Waals surface area contributed by atoms with E-state index in [9.17, 15) is 18.3 Å². The van der Waals surface area contributed by atoms with Crippen LogP contribution >= 0.6 is 0 Å². The number of aromatic hydroxyl groups is 1. The highest BCUT2D eigenvalue weighted by Gasteiger charge is 2.26. The molecule has 9 heteroatoms. The van der Waals surface area contributed by atoms with E-state index in [2.05, 4.69) is 9.71 Å². The van der Waals surface area contributed by atoms with Gasteiger partial charge in [-0.25, -0.2) is 18.2 Å². The molecule has 8 nitrogen and oxygen atoms in total. The Labute approximate surface area is 155 Å². The lowest BCUT2D eigenvalue weighted by atomic mass is 10.1. The van der Waals surface area contributed by atoms with Crippen molar-refractivity contribution >= 4 is 16.0 Å². The van der Waals surface area contributed by atoms with Crippen LogP contribution in [0, 0.1) is 0 Å². The molecule has 27 heavy (non-hydrogen) atoms. The molecular formula is C18H17N3O5S. The van der Waals surface area contributed by atoms with E-state index in [1.54, 1.807) is 48.3 Å². The molecule has 3 N–H and O–H groups in total. The third-order valence-electron chi connectivity index (χ3n) is 4.03. The zero-order valence-corrected chi connectivity index (χ0v) is 15.1. The molecule has 0 aliphatic rings. The molecular weight excluding hydrogens is 370 g/mol. The number of imidazole rings is 1. The number of aryl methyl sites for hydroxylation is 1. The molecule has 3 aromatic rings. The molecule has 0 amide bonds. The summed E-state index contributed by atoms with van der Waals surface area (Å²) in [5.74, 6) is -1.46. The molecule has 1 aromatic heterocycles. The van der Waals surface area contributed by atoms with Crippen LogP contribution in [0.4, 0.5) is 0 Å². The first-order chi connectivity index (χ1) is 12.8. The van der Waals surface area contributed by atoms with Crippen molar-refractivity contribution < 1.29 is 23.4 Å². The maximum atomic E-state index is 12.9. The van der Waals surface area contributed by atoms with Crippen molar-refractivity contribution in [3.05, 3.63) is 77.9 Å². The van der Waals surface area contributed by atoms with Crippen molar-refractivity contribution in [2.24, 2.45) is 7.05 Å². The minimum Gasteiger partial charge on any atom is -0.507 e. The van der Waals surface area contributed by atoms with Gasteiger partial charge in [-0.15, -0.1) is 0 Å². The summed E-state index contributed by atoms with van der Waals surface area (Å²) in [6.07, 6.45) is 3.26. The fraction of sp³-hybridized carbons (Fsp3) is 0.111. The predicted octanol–water partition coefficient (Wildman–Crippen LogP) is 1.89. The molecule has 1 heterocycles. The quantitative estimate of drug-likeness (QED) is 0.594. The van der Waals surface area contributed by atoms with E-state index in [-0.39, 0.29) is 4.90 Å². The van der Waals surface area contributed by atoms with E-state index in [0.29, 0.717) is 11.4 Å². The van der Waals surface area contributed by atoms with Gasteiger partial charge >= 0.3 is 5.97 Å². The van der Waals surface area contributed by atoms with Gasteiger partial charge in [0.15, 0.2) is 0 Å². The third-order valence-corrected chi connectivity index (χ3v) is 5.45. The van der Waals surface area contributed by atoms with Crippen molar-refractivity contribution in [3.63, 3.8) is 0 Å². The Morgan fingerprint density at radius 1 is 1.19 bits per heavy atom. The Balaban J connectivity index is 2.04. The summed E-state index contributed by atoms with van der Waals surface area (Å²) >= 11 is 0. The minimum atomic E-state index is -4.10. The van der Waals surface area contributed by atoms with Crippen LogP contribution in [0.3, 0.4) is 0 Å². The fourth-order valence-electron chi connectivity index (χ4n) is 2.65. The van der Waals surface area contributed by atoms with E-state index in [4.69, 9.17) is 5.11 Å². The Bertz CT molecular complexity index is 1080. The highest BCUT2D eigenvalue weighted by molar-refractivity contribution is 7.89. The van der Waals surface area contributed by atoms with Crippen LogP contribution < -0.4 is 4.72 Å². The van der Waals surface area contributed by atoms with E-state index >= 15 is 0 Å². The van der Waals surface area contributed by atoms with Gasteiger partial charge < -0.3 is 14.8 Å². The second-order valence-corrected chi connectivity index (χ2v) is 7.56. The van der Waals surface area contributed by atoms with Crippen LogP contribution in [-0.4, -0.2) is 34.2 Å². The third kappa shape index (κ3) is 3.83. The van der Waals surface area contributed by atoms with Crippen LogP contribution in [-0.2, 0) is 17.1 Å². The first-order valence-corrected chi connectivity index (χ1v) is 9.38. The number of aromatic carboxylic acids is 1. The van der Waals surface area contributed by atoms with Crippen molar-refractivity contribution in [2.75, 3.05) is 0 Å². The monoisotopic (exact) mass is 387 g/mol. The van der Waals surface area contributed by atoms with Gasteiger partial charge in [0.1, 0.15) is 23.2 Å². The molecule has 2 aromatic carbocycles. The second kappa shape index (κ2) is 7.22. The molecule has 0 fully saturated rings. The summed E-state index contributed by atoms with van der Waals surface area (Å²) in [5, 5.41) is 18.7. The number of aromatic nitrogens is 2. The largest absolute Gasteiger partial charge is 0.507 e. The first-order valence-electron chi connectivity index (χ1n) is 7.90. The average molecular weight is 387 g/mol. The van der Waals surface area contributed by atoms with Crippen molar-refractivity contribution in [1.82, 2.24) is 14.3 Å². The maximum absolute atomic E-state index is 12.9. The van der Waals surface area contributed by atoms with Crippen molar-refractivity contribution in [2.45, 2.75) is 10.9 Å². The Kier molecular flexibility index (Phi) is 4.98. The topological polar surface area (TPSA) is 122 Å². The van der Waals surface area contributed by atoms with Crippen LogP contribution in [0.15, 0.2) is 65.8 Å². The Morgan fingerprint density at radius 2 is 1.89 bits per heavy atom. The van der Waals surface area contributed by atoms with Gasteiger partial charge in [-0.2, -0.15) is 4.72 Å². The SMILES string of the molecule is Cn1ccnc1C(NS(=O)(=O)c1ccc(O)c(C(=O)O)c1)c1ccccc1. The second-order valence-electron chi connectivity index (χ2n) is 5.85. The molecule has 0 saturated carbocycles. The number of carboxylic acid groups (broad SMARTS) is 1. The first kappa shape index (κ1) is 18.6. The zero-order chi connectivity index (χ0) is 19.6. The molecule has 140 valence electrons. The zero-order valence-electron chi connectivity index (χ0n) is 14.3. The van der Waals surface area contributed by atoms with Crippen molar-refractivity contribution in [3.8, 4) is 5.75 Å². The van der Waals surface area contributed by atoms with Crippen LogP contribution in [0.1, 0.15) is 27.8 Å². The van der Waals surface area contributed by atoms with Gasteiger partial charge in [-0.05, 0) is 23.8 Å². The molecule has 0 saturated heterocycles. The van der Waals surface area contributed by atoms with Gasteiger partial charge in [0.2, 0.25) is 10.0 Å². The Hall–Kier alpha value is -3.17. The number of sulfonamides is 1. The van der Waals surface area contributed by atoms with E-state index in [0.717, 1.165) is 18.2 Å². The van der Waals surface area contributed by atoms with Crippen LogP contribution in [0.2, 0.25) is 0 Å². The van der Waals surface area contributed by atoms with Crippen molar-refractivity contribution in [1.29, 1.82) is 0 Å². The van der Waals surface area contributed by atoms with Crippen LogP contribution in [0.25, 0.3) is 0 Å². The summed E-state index contributed by atoms with van der Waals surface area (Å²) in [4.78, 5) is 15.1. The highest BCUT2D eigenvalue weighted by atomic mass is 32.2. The average Bonchev–Trinajstić information content (AvgIpc) is 3.06. The smallest absolute Gasteiger partial charge is 0.339 e. The lowest BCUT2D eigenvalue weighted by Gasteiger charge is -2.19. The van der Waals surface area contributed by atoms with Gasteiger partial charge in [0.25, 0.3) is 0 Å². The van der Waals surface area contributed by atoms with E-state index in [1.165, 1.54) is 0 Å². The minimum absolute atomic E-state index is 0.271. The number of carboxylic acids is 1. The van der Waals surface area contributed by atoms with E-state index < -0.39 is 33.3 Å². The number of phenols is 1. The number of carbonyl (C=O) groups is 1. The molecule has 1 atom stereocenters. The number of hydrogen-bond donors (Lipinski definition) is 3. The van der Waals surface area contributed by atoms with E-state index in [1.807, 2.05) is 6.07 Å². The molecule has 0 spiro atoms. The van der Waals surface area contributed by atoms with Gasteiger partial charge in [0.05, 0.1) is 4.90 Å². The lowest BCUT2D eigenvalue weighted by Crippen LogP contribution is -2.31. The number of hydrogen-bond acceptors (Lipinski definition) is 5. The lowest BCUT2D eigenvalue weighted by molar-refractivity contribution is 0.0693. The summed E-state index contributed by atoms with van der Waals surface area (Å²) in [7, 11) is -2.36. The number of benzene rings is 2. The van der Waals surface area contributed by atoms with Crippen LogP contribution in [0.5, 0.6) is 5.75 Å². The predicted molar refractivity (Wildman–Crippen MR) is 96.9 cm³/mol. The molecule has 0 radical (unpaired) electrons. The molecule has 3 rings (SSSR count). The normalized spacial score (nSPS) is 12.6. The molecule has 0 aliphatic heterocycles. The molecule has 0 bridgehead atoms. The Morgan fingerprint density at radius 3 is 2.48 bits per heavy atom. The summed E-state index contributed by atoms with van der Waals surface area (Å²) in [5.41, 5.74) is 0.179. The summed E-state index contributed by atoms with van der Waals surface area (Å²) < 4.78 is 30.0. The van der Waals surface area contributed by atoms with Gasteiger partial charge in [0, 0.05) is 19.4 Å². The highest BCUT2D eigenvalue weighted by Crippen LogP contribution is 2.25. The molecule has 0 aliphatic carbocycles. The van der Waals surface area contributed by atoms with Gasteiger partial charge in [-0.3, -0.25) is 0 Å². The number of nitrogens with one attached hydrogen (secondary N) is 1. The summed E-state index contributed by atoms with van der Waals surface area (Å²) in [6.45, 7) is 0.